The van der Waals surface area contributed by atoms with E-state index in [1.165, 1.54) is 0 Å². The largest absolute Gasteiger partial charge is 0.465 e. The fourth-order valence-electron chi connectivity index (χ4n) is 2.03. The van der Waals surface area contributed by atoms with Crippen LogP contribution in [0.2, 0.25) is 0 Å². The Labute approximate surface area is 59.6 Å². The van der Waals surface area contributed by atoms with Crippen LogP contribution in [0, 0.1) is 5.92 Å². The summed E-state index contributed by atoms with van der Waals surface area (Å²) in [6, 6.07) is 0.647. The molecule has 1 N–H and O–H groups in total. The Morgan fingerprint density at radius 1 is 1.60 bits per heavy atom. The monoisotopic (exact) mass is 141 g/mol. The van der Waals surface area contributed by atoms with Gasteiger partial charge in [-0.3, -0.25) is 0 Å². The molecule has 1 amide bonds. The molecule has 1 saturated carbocycles. The standard InChI is InChI=1S/C7H11NO2/c1-4-2-5-3-6(5)8(4)7(9)10/h4-6H,2-3H2,1H3,(H,9,10). The van der Waals surface area contributed by atoms with Crippen molar-refractivity contribution in [1.82, 2.24) is 4.90 Å². The highest BCUT2D eigenvalue weighted by Gasteiger charge is 2.52. The molecule has 56 valence electrons. The van der Waals surface area contributed by atoms with Gasteiger partial charge in [0, 0.05) is 12.1 Å². The molecule has 1 aliphatic carbocycles. The van der Waals surface area contributed by atoms with Crippen LogP contribution in [0.25, 0.3) is 0 Å². The SMILES string of the molecule is CC1CC2CC2N1C(=O)O. The number of carboxylic acid groups (broad SMARTS) is 1. The van der Waals surface area contributed by atoms with Crippen molar-refractivity contribution in [2.75, 3.05) is 0 Å². The summed E-state index contributed by atoms with van der Waals surface area (Å²) in [5.74, 6) is 0.700. The van der Waals surface area contributed by atoms with Gasteiger partial charge in [-0.1, -0.05) is 0 Å². The van der Waals surface area contributed by atoms with Crippen LogP contribution < -0.4 is 0 Å². The highest BCUT2D eigenvalue weighted by Crippen LogP contribution is 2.47. The van der Waals surface area contributed by atoms with Crippen LogP contribution in [0.5, 0.6) is 0 Å². The predicted molar refractivity (Wildman–Crippen MR) is 35.8 cm³/mol. The van der Waals surface area contributed by atoms with Gasteiger partial charge in [0.1, 0.15) is 0 Å². The van der Waals surface area contributed by atoms with Crippen molar-refractivity contribution in [3.63, 3.8) is 0 Å². The minimum absolute atomic E-state index is 0.265. The van der Waals surface area contributed by atoms with E-state index in [0.717, 1.165) is 12.8 Å². The van der Waals surface area contributed by atoms with Gasteiger partial charge in [0.25, 0.3) is 0 Å². The number of carbonyl (C=O) groups is 1. The topological polar surface area (TPSA) is 40.5 Å². The van der Waals surface area contributed by atoms with Gasteiger partial charge < -0.3 is 10.0 Å². The van der Waals surface area contributed by atoms with E-state index < -0.39 is 6.09 Å². The molecular formula is C7H11NO2. The highest BCUT2D eigenvalue weighted by atomic mass is 16.4. The first-order valence-corrected chi connectivity index (χ1v) is 3.71. The van der Waals surface area contributed by atoms with E-state index in [0.29, 0.717) is 12.0 Å². The lowest BCUT2D eigenvalue weighted by Gasteiger charge is -2.20. The van der Waals surface area contributed by atoms with Crippen LogP contribution in [0.4, 0.5) is 4.79 Å². The molecule has 3 unspecified atom stereocenters. The van der Waals surface area contributed by atoms with E-state index in [4.69, 9.17) is 5.11 Å². The lowest BCUT2D eigenvalue weighted by molar-refractivity contribution is 0.134. The van der Waals surface area contributed by atoms with Crippen LogP contribution >= 0.6 is 0 Å². The maximum atomic E-state index is 10.6. The molecule has 10 heavy (non-hydrogen) atoms. The van der Waals surface area contributed by atoms with Gasteiger partial charge in [-0.25, -0.2) is 4.79 Å². The molecule has 0 spiro atoms. The van der Waals surface area contributed by atoms with Crippen molar-refractivity contribution in [1.29, 1.82) is 0 Å². The molecule has 1 heterocycles. The quantitative estimate of drug-likeness (QED) is 0.549. The summed E-state index contributed by atoms with van der Waals surface area (Å²) in [6.45, 7) is 1.99. The molecular weight excluding hydrogens is 130 g/mol. The summed E-state index contributed by atoms with van der Waals surface area (Å²) in [7, 11) is 0. The van der Waals surface area contributed by atoms with Gasteiger partial charge in [-0.2, -0.15) is 0 Å². The normalized spacial score (nSPS) is 43.3. The lowest BCUT2D eigenvalue weighted by Crippen LogP contribution is -2.35. The zero-order chi connectivity index (χ0) is 7.30. The predicted octanol–water partition coefficient (Wildman–Crippen LogP) is 1.15. The van der Waals surface area contributed by atoms with Crippen molar-refractivity contribution >= 4 is 6.09 Å². The Bertz CT molecular complexity index is 178. The molecule has 2 aliphatic rings. The Morgan fingerprint density at radius 3 is 2.60 bits per heavy atom. The van der Waals surface area contributed by atoms with Crippen LogP contribution in [-0.2, 0) is 0 Å². The summed E-state index contributed by atoms with van der Waals surface area (Å²) in [4.78, 5) is 12.2. The average Bonchev–Trinajstić information content (AvgIpc) is 2.42. The number of amides is 1. The van der Waals surface area contributed by atoms with Gasteiger partial charge in [-0.05, 0) is 25.7 Å². The number of hydrogen-bond donors (Lipinski definition) is 1. The summed E-state index contributed by atoms with van der Waals surface area (Å²) >= 11 is 0. The van der Waals surface area contributed by atoms with E-state index in [1.54, 1.807) is 4.90 Å². The maximum absolute atomic E-state index is 10.6. The number of rotatable bonds is 0. The first-order valence-electron chi connectivity index (χ1n) is 3.71. The second kappa shape index (κ2) is 1.65. The summed E-state index contributed by atoms with van der Waals surface area (Å²) in [5.41, 5.74) is 0. The molecule has 3 heteroatoms. The van der Waals surface area contributed by atoms with Crippen molar-refractivity contribution in [2.24, 2.45) is 5.92 Å². The Kier molecular flexibility index (Phi) is 0.993. The second-order valence-electron chi connectivity index (χ2n) is 3.34. The van der Waals surface area contributed by atoms with Crippen LogP contribution in [-0.4, -0.2) is 28.2 Å². The Morgan fingerprint density at radius 2 is 2.30 bits per heavy atom. The van der Waals surface area contributed by atoms with E-state index in [-0.39, 0.29) is 6.04 Å². The first-order chi connectivity index (χ1) is 4.70. The van der Waals surface area contributed by atoms with Gasteiger partial charge in [-0.15, -0.1) is 0 Å². The molecule has 3 nitrogen and oxygen atoms in total. The van der Waals surface area contributed by atoms with Gasteiger partial charge in [0.2, 0.25) is 0 Å². The van der Waals surface area contributed by atoms with Crippen molar-refractivity contribution in [3.8, 4) is 0 Å². The second-order valence-corrected chi connectivity index (χ2v) is 3.34. The maximum Gasteiger partial charge on any atom is 0.407 e. The molecule has 1 aliphatic heterocycles. The Hall–Kier alpha value is -0.730. The fourth-order valence-corrected chi connectivity index (χ4v) is 2.03. The number of piperidine rings is 1. The van der Waals surface area contributed by atoms with Crippen LogP contribution in [0.3, 0.4) is 0 Å². The molecule has 0 aromatic carbocycles. The third kappa shape index (κ3) is 0.632. The third-order valence-electron chi connectivity index (χ3n) is 2.58. The number of likely N-dealkylation sites (tertiary alicyclic amines) is 1. The zero-order valence-electron chi connectivity index (χ0n) is 5.95. The van der Waals surface area contributed by atoms with E-state index in [9.17, 15) is 4.79 Å². The van der Waals surface area contributed by atoms with Crippen molar-refractivity contribution in [2.45, 2.75) is 31.8 Å². The smallest absolute Gasteiger partial charge is 0.407 e. The lowest BCUT2D eigenvalue weighted by atomic mass is 10.2. The minimum atomic E-state index is -0.738. The highest BCUT2D eigenvalue weighted by molar-refractivity contribution is 5.67. The average molecular weight is 141 g/mol. The van der Waals surface area contributed by atoms with E-state index in [2.05, 4.69) is 0 Å². The fraction of sp³-hybridized carbons (Fsp3) is 0.857. The van der Waals surface area contributed by atoms with Gasteiger partial charge in [0.15, 0.2) is 0 Å². The third-order valence-corrected chi connectivity index (χ3v) is 2.58. The summed E-state index contributed by atoms with van der Waals surface area (Å²) < 4.78 is 0. The molecule has 1 saturated heterocycles. The number of nitrogens with zero attached hydrogens (tertiary/aromatic N) is 1. The van der Waals surface area contributed by atoms with Gasteiger partial charge >= 0.3 is 6.09 Å². The zero-order valence-corrected chi connectivity index (χ0v) is 5.95. The van der Waals surface area contributed by atoms with Crippen LogP contribution in [0.1, 0.15) is 19.8 Å². The molecule has 3 atom stereocenters. The molecule has 0 bridgehead atoms. The molecule has 0 aromatic heterocycles. The van der Waals surface area contributed by atoms with Crippen molar-refractivity contribution < 1.29 is 9.90 Å². The van der Waals surface area contributed by atoms with Crippen molar-refractivity contribution in [3.05, 3.63) is 0 Å². The summed E-state index contributed by atoms with van der Waals surface area (Å²) in [6.07, 6.45) is 1.45. The number of hydrogen-bond acceptors (Lipinski definition) is 1. The summed E-state index contributed by atoms with van der Waals surface area (Å²) in [5, 5.41) is 8.71. The number of fused-ring (bicyclic) bond motifs is 1. The molecule has 2 rings (SSSR count). The first kappa shape index (κ1) is 6.01. The van der Waals surface area contributed by atoms with Gasteiger partial charge in [0.05, 0.1) is 0 Å². The molecule has 0 aromatic rings. The van der Waals surface area contributed by atoms with Crippen LogP contribution in [0.15, 0.2) is 0 Å². The minimum Gasteiger partial charge on any atom is -0.465 e. The molecule has 0 radical (unpaired) electrons. The molecule has 2 fully saturated rings. The van der Waals surface area contributed by atoms with E-state index in [1.807, 2.05) is 6.92 Å². The van der Waals surface area contributed by atoms with E-state index >= 15 is 0 Å². The Balaban J connectivity index is 2.12.